The Morgan fingerprint density at radius 1 is 1.32 bits per heavy atom. The van der Waals surface area contributed by atoms with Gasteiger partial charge in [0.15, 0.2) is 0 Å². The summed E-state index contributed by atoms with van der Waals surface area (Å²) in [6.45, 7) is 5.77. The zero-order valence-electron chi connectivity index (χ0n) is 11.6. The normalized spacial score (nSPS) is 26.9. The van der Waals surface area contributed by atoms with E-state index in [-0.39, 0.29) is 5.92 Å². The second kappa shape index (κ2) is 5.33. The van der Waals surface area contributed by atoms with Crippen LogP contribution in [0.3, 0.4) is 0 Å². The van der Waals surface area contributed by atoms with E-state index in [9.17, 15) is 4.79 Å². The smallest absolute Gasteiger partial charge is 0.227 e. The molecule has 1 fully saturated rings. The Bertz CT molecular complexity index is 472. The first kappa shape index (κ1) is 12.7. The third-order valence-corrected chi connectivity index (χ3v) is 4.59. The van der Waals surface area contributed by atoms with Crippen molar-refractivity contribution >= 4 is 5.91 Å². The molecule has 2 aliphatic heterocycles. The van der Waals surface area contributed by atoms with Gasteiger partial charge in [-0.25, -0.2) is 0 Å². The predicted molar refractivity (Wildman–Crippen MR) is 75.7 cm³/mol. The molecule has 1 aromatic carbocycles. The Hall–Kier alpha value is -1.35. The number of piperidine rings is 1. The first-order valence-corrected chi connectivity index (χ1v) is 7.32. The number of nitrogens with zero attached hydrogens (tertiary/aromatic N) is 1. The molecule has 0 aliphatic carbocycles. The number of nitrogens with one attached hydrogen (secondary N) is 1. The van der Waals surface area contributed by atoms with Gasteiger partial charge in [0.1, 0.15) is 0 Å². The number of fused-ring (bicyclic) bond motifs is 1. The zero-order chi connectivity index (χ0) is 13.2. The molecule has 2 heterocycles. The maximum Gasteiger partial charge on any atom is 0.227 e. The van der Waals surface area contributed by atoms with Crippen LogP contribution in [0, 0.1) is 11.8 Å². The van der Waals surface area contributed by atoms with E-state index in [1.54, 1.807) is 0 Å². The Morgan fingerprint density at radius 2 is 2.11 bits per heavy atom. The molecule has 0 aromatic heterocycles. The lowest BCUT2D eigenvalue weighted by molar-refractivity contribution is -0.138. The topological polar surface area (TPSA) is 32.3 Å². The van der Waals surface area contributed by atoms with Crippen molar-refractivity contribution in [2.24, 2.45) is 11.8 Å². The molecule has 1 aromatic rings. The van der Waals surface area contributed by atoms with Gasteiger partial charge in [0.05, 0.1) is 5.92 Å². The maximum atomic E-state index is 12.7. The summed E-state index contributed by atoms with van der Waals surface area (Å²) < 4.78 is 0. The number of benzene rings is 1. The predicted octanol–water partition coefficient (Wildman–Crippen LogP) is 1.82. The van der Waals surface area contributed by atoms with Crippen LogP contribution < -0.4 is 5.32 Å². The summed E-state index contributed by atoms with van der Waals surface area (Å²) in [5.41, 5.74) is 2.72. The Balaban J connectivity index is 1.72. The van der Waals surface area contributed by atoms with Crippen molar-refractivity contribution in [3.8, 4) is 0 Å². The summed E-state index contributed by atoms with van der Waals surface area (Å²) in [6, 6.07) is 8.49. The average Bonchev–Trinajstić information content (AvgIpc) is 2.46. The van der Waals surface area contributed by atoms with Gasteiger partial charge in [-0.1, -0.05) is 31.2 Å². The highest BCUT2D eigenvalue weighted by molar-refractivity contribution is 5.79. The van der Waals surface area contributed by atoms with E-state index in [0.717, 1.165) is 39.0 Å². The number of carbonyl (C=O) groups excluding carboxylic acids is 1. The molecule has 0 unspecified atom stereocenters. The SMILES string of the molecule is C[C@@H]1CCNC[C@@H]1C(=O)N1CCc2ccccc2C1. The van der Waals surface area contributed by atoms with Crippen LogP contribution in [0.15, 0.2) is 24.3 Å². The summed E-state index contributed by atoms with van der Waals surface area (Å²) >= 11 is 0. The molecule has 102 valence electrons. The van der Waals surface area contributed by atoms with Crippen LogP contribution in [-0.2, 0) is 17.8 Å². The average molecular weight is 258 g/mol. The summed E-state index contributed by atoms with van der Waals surface area (Å²) in [5.74, 6) is 1.01. The van der Waals surface area contributed by atoms with E-state index in [1.165, 1.54) is 11.1 Å². The van der Waals surface area contributed by atoms with Crippen LogP contribution in [0.2, 0.25) is 0 Å². The molecule has 3 nitrogen and oxygen atoms in total. The quantitative estimate of drug-likeness (QED) is 0.833. The lowest BCUT2D eigenvalue weighted by Gasteiger charge is -2.36. The van der Waals surface area contributed by atoms with Gasteiger partial charge in [0.25, 0.3) is 0 Å². The summed E-state index contributed by atoms with van der Waals surface area (Å²) in [5, 5.41) is 3.36. The van der Waals surface area contributed by atoms with Gasteiger partial charge in [-0.3, -0.25) is 4.79 Å². The third-order valence-electron chi connectivity index (χ3n) is 4.59. The van der Waals surface area contributed by atoms with E-state index in [4.69, 9.17) is 0 Å². The van der Waals surface area contributed by atoms with Gasteiger partial charge in [-0.2, -0.15) is 0 Å². The van der Waals surface area contributed by atoms with Crippen molar-refractivity contribution < 1.29 is 4.79 Å². The highest BCUT2D eigenvalue weighted by Crippen LogP contribution is 2.25. The van der Waals surface area contributed by atoms with Gasteiger partial charge in [0.2, 0.25) is 5.91 Å². The first-order chi connectivity index (χ1) is 9.25. The largest absolute Gasteiger partial charge is 0.338 e. The third kappa shape index (κ3) is 2.52. The fraction of sp³-hybridized carbons (Fsp3) is 0.562. The summed E-state index contributed by atoms with van der Waals surface area (Å²) in [4.78, 5) is 14.7. The van der Waals surface area contributed by atoms with Crippen molar-refractivity contribution in [3.05, 3.63) is 35.4 Å². The van der Waals surface area contributed by atoms with Crippen LogP contribution in [0.25, 0.3) is 0 Å². The van der Waals surface area contributed by atoms with Gasteiger partial charge in [0, 0.05) is 19.6 Å². The minimum absolute atomic E-state index is 0.166. The second-order valence-electron chi connectivity index (χ2n) is 5.86. The Morgan fingerprint density at radius 3 is 2.89 bits per heavy atom. The van der Waals surface area contributed by atoms with E-state index in [1.807, 2.05) is 0 Å². The van der Waals surface area contributed by atoms with Crippen molar-refractivity contribution in [3.63, 3.8) is 0 Å². The molecule has 3 rings (SSSR count). The minimum Gasteiger partial charge on any atom is -0.338 e. The van der Waals surface area contributed by atoms with Crippen molar-refractivity contribution in [2.45, 2.75) is 26.3 Å². The zero-order valence-corrected chi connectivity index (χ0v) is 11.6. The lowest BCUT2D eigenvalue weighted by atomic mass is 9.86. The summed E-state index contributed by atoms with van der Waals surface area (Å²) in [7, 11) is 0. The molecule has 1 amide bonds. The van der Waals surface area contributed by atoms with Crippen LogP contribution in [0.1, 0.15) is 24.5 Å². The molecule has 0 radical (unpaired) electrons. The highest BCUT2D eigenvalue weighted by Gasteiger charge is 2.32. The molecular formula is C16H22N2O. The molecule has 3 heteroatoms. The Labute approximate surface area is 115 Å². The van der Waals surface area contributed by atoms with Crippen molar-refractivity contribution in [1.82, 2.24) is 10.2 Å². The van der Waals surface area contributed by atoms with Gasteiger partial charge in [-0.05, 0) is 36.4 Å². The molecule has 1 N–H and O–H groups in total. The lowest BCUT2D eigenvalue weighted by Crippen LogP contribution is -2.47. The molecule has 1 saturated heterocycles. The van der Waals surface area contributed by atoms with Crippen LogP contribution in [-0.4, -0.2) is 30.4 Å². The minimum atomic E-state index is 0.166. The van der Waals surface area contributed by atoms with Gasteiger partial charge in [-0.15, -0.1) is 0 Å². The van der Waals surface area contributed by atoms with Gasteiger partial charge >= 0.3 is 0 Å². The molecule has 19 heavy (non-hydrogen) atoms. The van der Waals surface area contributed by atoms with E-state index in [0.29, 0.717) is 11.8 Å². The molecule has 2 aliphatic rings. The standard InChI is InChI=1S/C16H22N2O/c1-12-6-8-17-10-15(12)16(19)18-9-7-13-4-2-3-5-14(13)11-18/h2-5,12,15,17H,6-11H2,1H3/t12-,15+/m1/s1. The molecule has 0 spiro atoms. The van der Waals surface area contributed by atoms with E-state index in [2.05, 4.69) is 41.4 Å². The van der Waals surface area contributed by atoms with E-state index < -0.39 is 0 Å². The number of carbonyl (C=O) groups is 1. The van der Waals surface area contributed by atoms with Crippen molar-refractivity contribution in [2.75, 3.05) is 19.6 Å². The van der Waals surface area contributed by atoms with Crippen LogP contribution >= 0.6 is 0 Å². The Kier molecular flexibility index (Phi) is 3.56. The highest BCUT2D eigenvalue weighted by atomic mass is 16.2. The number of rotatable bonds is 1. The van der Waals surface area contributed by atoms with Crippen molar-refractivity contribution in [1.29, 1.82) is 0 Å². The maximum absolute atomic E-state index is 12.7. The fourth-order valence-electron chi connectivity index (χ4n) is 3.24. The van der Waals surface area contributed by atoms with Gasteiger partial charge < -0.3 is 10.2 Å². The monoisotopic (exact) mass is 258 g/mol. The number of hydrogen-bond donors (Lipinski definition) is 1. The first-order valence-electron chi connectivity index (χ1n) is 7.32. The van der Waals surface area contributed by atoms with Crippen LogP contribution in [0.5, 0.6) is 0 Å². The number of amides is 1. The molecule has 0 saturated carbocycles. The van der Waals surface area contributed by atoms with E-state index >= 15 is 0 Å². The fourth-order valence-corrected chi connectivity index (χ4v) is 3.24. The molecule has 2 atom stereocenters. The molecular weight excluding hydrogens is 236 g/mol. The molecule has 0 bridgehead atoms. The van der Waals surface area contributed by atoms with Crippen LogP contribution in [0.4, 0.5) is 0 Å². The number of hydrogen-bond acceptors (Lipinski definition) is 2. The second-order valence-corrected chi connectivity index (χ2v) is 5.86. The summed E-state index contributed by atoms with van der Waals surface area (Å²) in [6.07, 6.45) is 2.11.